The minimum atomic E-state index is 0.332. The Hall–Kier alpha value is -1.42. The van der Waals surface area contributed by atoms with Gasteiger partial charge in [0.2, 0.25) is 5.91 Å². The molecule has 1 aromatic rings. The number of aromatic nitrogens is 1. The largest absolute Gasteiger partial charge is 0.338 e. The Bertz CT molecular complexity index is 490. The van der Waals surface area contributed by atoms with Gasteiger partial charge in [0.15, 0.2) is 0 Å². The molecule has 0 radical (unpaired) electrons. The van der Waals surface area contributed by atoms with E-state index in [-0.39, 0.29) is 0 Å². The quantitative estimate of drug-likeness (QED) is 0.838. The fourth-order valence-electron chi connectivity index (χ4n) is 4.07. The zero-order chi connectivity index (χ0) is 15.4. The van der Waals surface area contributed by atoms with Gasteiger partial charge in [-0.05, 0) is 44.4 Å². The average molecular weight is 301 g/mol. The molecule has 1 amide bonds. The van der Waals surface area contributed by atoms with Gasteiger partial charge in [0.1, 0.15) is 0 Å². The summed E-state index contributed by atoms with van der Waals surface area (Å²) in [6.45, 7) is 5.17. The van der Waals surface area contributed by atoms with Crippen LogP contribution in [-0.2, 0) is 11.2 Å². The van der Waals surface area contributed by atoms with E-state index < -0.39 is 0 Å². The maximum absolute atomic E-state index is 12.2. The SMILES string of the molecule is CCC(=O)N1CCCC1C1CCCN1CCc1ccccn1. The third-order valence-electron chi connectivity index (χ3n) is 5.16. The van der Waals surface area contributed by atoms with Crippen LogP contribution in [0, 0.1) is 0 Å². The van der Waals surface area contributed by atoms with Crippen molar-refractivity contribution in [3.05, 3.63) is 30.1 Å². The normalized spacial score (nSPS) is 25.8. The lowest BCUT2D eigenvalue weighted by Crippen LogP contribution is -2.48. The van der Waals surface area contributed by atoms with Crippen molar-refractivity contribution in [3.63, 3.8) is 0 Å². The van der Waals surface area contributed by atoms with Crippen LogP contribution in [0.5, 0.6) is 0 Å². The van der Waals surface area contributed by atoms with Crippen molar-refractivity contribution in [3.8, 4) is 0 Å². The molecule has 22 heavy (non-hydrogen) atoms. The number of rotatable bonds is 5. The van der Waals surface area contributed by atoms with E-state index in [1.165, 1.54) is 37.9 Å². The second kappa shape index (κ2) is 7.23. The van der Waals surface area contributed by atoms with E-state index >= 15 is 0 Å². The van der Waals surface area contributed by atoms with E-state index in [0.717, 1.165) is 19.5 Å². The van der Waals surface area contributed by atoms with Crippen molar-refractivity contribution < 1.29 is 4.79 Å². The number of hydrogen-bond acceptors (Lipinski definition) is 3. The highest BCUT2D eigenvalue weighted by Gasteiger charge is 2.38. The molecule has 0 aromatic carbocycles. The van der Waals surface area contributed by atoms with Crippen LogP contribution in [0.3, 0.4) is 0 Å². The fraction of sp³-hybridized carbons (Fsp3) is 0.667. The van der Waals surface area contributed by atoms with Gasteiger partial charge in [-0.1, -0.05) is 13.0 Å². The van der Waals surface area contributed by atoms with E-state index in [1.807, 2.05) is 19.2 Å². The molecule has 2 atom stereocenters. The van der Waals surface area contributed by atoms with E-state index in [4.69, 9.17) is 0 Å². The molecule has 2 aliphatic heterocycles. The smallest absolute Gasteiger partial charge is 0.222 e. The van der Waals surface area contributed by atoms with Crippen LogP contribution in [0.1, 0.15) is 44.7 Å². The first-order valence-electron chi connectivity index (χ1n) is 8.73. The topological polar surface area (TPSA) is 36.4 Å². The molecular weight excluding hydrogens is 274 g/mol. The Morgan fingerprint density at radius 1 is 1.23 bits per heavy atom. The molecule has 3 rings (SSSR count). The molecule has 0 spiro atoms. The van der Waals surface area contributed by atoms with Crippen LogP contribution in [0.15, 0.2) is 24.4 Å². The summed E-state index contributed by atoms with van der Waals surface area (Å²) in [6.07, 6.45) is 8.35. The van der Waals surface area contributed by atoms with E-state index in [9.17, 15) is 4.79 Å². The molecule has 0 aliphatic carbocycles. The molecule has 0 N–H and O–H groups in total. The van der Waals surface area contributed by atoms with Crippen LogP contribution in [0.4, 0.5) is 0 Å². The molecule has 1 aromatic heterocycles. The van der Waals surface area contributed by atoms with Gasteiger partial charge in [0, 0.05) is 49.9 Å². The van der Waals surface area contributed by atoms with Gasteiger partial charge in [-0.3, -0.25) is 14.7 Å². The number of amides is 1. The Labute approximate surface area is 133 Å². The summed E-state index contributed by atoms with van der Waals surface area (Å²) in [7, 11) is 0. The lowest BCUT2D eigenvalue weighted by Gasteiger charge is -2.35. The van der Waals surface area contributed by atoms with Gasteiger partial charge in [-0.15, -0.1) is 0 Å². The fourth-order valence-corrected chi connectivity index (χ4v) is 4.07. The van der Waals surface area contributed by atoms with Crippen molar-refractivity contribution in [2.45, 2.75) is 57.5 Å². The third kappa shape index (κ3) is 3.32. The zero-order valence-electron chi connectivity index (χ0n) is 13.6. The second-order valence-electron chi connectivity index (χ2n) is 6.47. The van der Waals surface area contributed by atoms with Crippen molar-refractivity contribution >= 4 is 5.91 Å². The van der Waals surface area contributed by atoms with E-state index in [1.54, 1.807) is 0 Å². The first-order valence-corrected chi connectivity index (χ1v) is 8.73. The van der Waals surface area contributed by atoms with Crippen molar-refractivity contribution in [1.29, 1.82) is 0 Å². The van der Waals surface area contributed by atoms with Crippen LogP contribution in [0.2, 0.25) is 0 Å². The highest BCUT2D eigenvalue weighted by Crippen LogP contribution is 2.30. The molecule has 0 saturated carbocycles. The molecular formula is C18H27N3O. The van der Waals surface area contributed by atoms with Crippen molar-refractivity contribution in [2.24, 2.45) is 0 Å². The molecule has 3 heterocycles. The Morgan fingerprint density at radius 2 is 2.05 bits per heavy atom. The van der Waals surface area contributed by atoms with Crippen LogP contribution >= 0.6 is 0 Å². The maximum Gasteiger partial charge on any atom is 0.222 e. The molecule has 2 fully saturated rings. The molecule has 0 bridgehead atoms. The lowest BCUT2D eigenvalue weighted by molar-refractivity contribution is -0.132. The molecule has 2 unspecified atom stereocenters. The summed E-state index contributed by atoms with van der Waals surface area (Å²) in [5, 5.41) is 0. The molecule has 4 nitrogen and oxygen atoms in total. The minimum Gasteiger partial charge on any atom is -0.338 e. The van der Waals surface area contributed by atoms with Crippen molar-refractivity contribution in [1.82, 2.24) is 14.8 Å². The Morgan fingerprint density at radius 3 is 2.82 bits per heavy atom. The second-order valence-corrected chi connectivity index (χ2v) is 6.47. The summed E-state index contributed by atoms with van der Waals surface area (Å²) >= 11 is 0. The summed E-state index contributed by atoms with van der Waals surface area (Å²) in [4.78, 5) is 21.3. The van der Waals surface area contributed by atoms with Crippen LogP contribution in [0.25, 0.3) is 0 Å². The number of nitrogens with zero attached hydrogens (tertiary/aromatic N) is 3. The van der Waals surface area contributed by atoms with Crippen molar-refractivity contribution in [2.75, 3.05) is 19.6 Å². The lowest BCUT2D eigenvalue weighted by atomic mass is 10.0. The summed E-state index contributed by atoms with van der Waals surface area (Å²) in [6, 6.07) is 7.13. The first kappa shape index (κ1) is 15.5. The average Bonchev–Trinajstić information content (AvgIpc) is 3.21. The molecule has 2 aliphatic rings. The van der Waals surface area contributed by atoms with Gasteiger partial charge < -0.3 is 4.90 Å². The van der Waals surface area contributed by atoms with Gasteiger partial charge in [-0.2, -0.15) is 0 Å². The number of carbonyl (C=O) groups excluding carboxylic acids is 1. The molecule has 4 heteroatoms. The summed E-state index contributed by atoms with van der Waals surface area (Å²) < 4.78 is 0. The number of carbonyl (C=O) groups is 1. The highest BCUT2D eigenvalue weighted by molar-refractivity contribution is 5.76. The first-order chi connectivity index (χ1) is 10.8. The Kier molecular flexibility index (Phi) is 5.08. The molecule has 120 valence electrons. The summed E-state index contributed by atoms with van der Waals surface area (Å²) in [5.41, 5.74) is 1.17. The zero-order valence-corrected chi connectivity index (χ0v) is 13.6. The van der Waals surface area contributed by atoms with E-state index in [2.05, 4.69) is 26.9 Å². The van der Waals surface area contributed by atoms with Crippen LogP contribution in [-0.4, -0.2) is 52.4 Å². The summed E-state index contributed by atoms with van der Waals surface area (Å²) in [5.74, 6) is 0.332. The number of pyridine rings is 1. The standard InChI is InChI=1S/C18H27N3O/c1-2-18(22)21-13-6-9-17(21)16-8-5-12-20(16)14-10-15-7-3-4-11-19-15/h3-4,7,11,16-17H,2,5-6,8-10,12-14H2,1H3. The number of hydrogen-bond donors (Lipinski definition) is 0. The predicted octanol–water partition coefficient (Wildman–Crippen LogP) is 2.49. The van der Waals surface area contributed by atoms with Crippen LogP contribution < -0.4 is 0 Å². The highest BCUT2D eigenvalue weighted by atomic mass is 16.2. The monoisotopic (exact) mass is 301 g/mol. The maximum atomic E-state index is 12.2. The minimum absolute atomic E-state index is 0.332. The Balaban J connectivity index is 1.61. The van der Waals surface area contributed by atoms with E-state index in [0.29, 0.717) is 24.4 Å². The number of likely N-dealkylation sites (tertiary alicyclic amines) is 2. The van der Waals surface area contributed by atoms with Gasteiger partial charge >= 0.3 is 0 Å². The van der Waals surface area contributed by atoms with Gasteiger partial charge in [0.05, 0.1) is 0 Å². The molecule has 2 saturated heterocycles. The predicted molar refractivity (Wildman–Crippen MR) is 87.6 cm³/mol. The van der Waals surface area contributed by atoms with Gasteiger partial charge in [-0.25, -0.2) is 0 Å². The third-order valence-corrected chi connectivity index (χ3v) is 5.16. The van der Waals surface area contributed by atoms with Gasteiger partial charge in [0.25, 0.3) is 0 Å².